The molecule has 0 bridgehead atoms. The number of amidine groups is 1. The predicted octanol–water partition coefficient (Wildman–Crippen LogP) is 7.42. The maximum atomic E-state index is 13.4. The number of aryl methyl sites for hydroxylation is 2. The molecule has 1 heterocycles. The van der Waals surface area contributed by atoms with Gasteiger partial charge in [-0.2, -0.15) is 0 Å². The fourth-order valence-corrected chi connectivity index (χ4v) is 4.54. The SMILES string of the molecule is Cc1cccc(C)c1N=C1S/C(=C/c2cccc(Cl)c2Cl)C(=O)N1c1ccccc1. The topological polar surface area (TPSA) is 32.7 Å². The Hall–Kier alpha value is -2.53. The van der Waals surface area contributed by atoms with Gasteiger partial charge in [0.15, 0.2) is 5.17 Å². The first kappa shape index (κ1) is 20.7. The van der Waals surface area contributed by atoms with Crippen LogP contribution in [0.2, 0.25) is 10.0 Å². The van der Waals surface area contributed by atoms with E-state index in [0.29, 0.717) is 25.7 Å². The van der Waals surface area contributed by atoms with Crippen molar-refractivity contribution in [1.29, 1.82) is 0 Å². The third-order valence-electron chi connectivity index (χ3n) is 4.74. The molecule has 1 amide bonds. The largest absolute Gasteiger partial charge is 0.271 e. The van der Waals surface area contributed by atoms with Crippen LogP contribution >= 0.6 is 35.0 Å². The highest BCUT2D eigenvalue weighted by atomic mass is 35.5. The lowest BCUT2D eigenvalue weighted by Gasteiger charge is -2.16. The van der Waals surface area contributed by atoms with Crippen molar-refractivity contribution in [2.45, 2.75) is 13.8 Å². The van der Waals surface area contributed by atoms with Gasteiger partial charge in [0, 0.05) is 0 Å². The Balaban J connectivity index is 1.84. The van der Waals surface area contributed by atoms with E-state index in [0.717, 1.165) is 22.5 Å². The highest BCUT2D eigenvalue weighted by molar-refractivity contribution is 8.19. The van der Waals surface area contributed by atoms with Gasteiger partial charge in [0.2, 0.25) is 0 Å². The molecule has 30 heavy (non-hydrogen) atoms. The third-order valence-corrected chi connectivity index (χ3v) is 6.54. The van der Waals surface area contributed by atoms with E-state index in [-0.39, 0.29) is 5.91 Å². The quantitative estimate of drug-likeness (QED) is 0.387. The Morgan fingerprint density at radius 1 is 0.900 bits per heavy atom. The van der Waals surface area contributed by atoms with Crippen LogP contribution in [0.1, 0.15) is 16.7 Å². The van der Waals surface area contributed by atoms with E-state index in [9.17, 15) is 4.79 Å². The molecular weight excluding hydrogens is 435 g/mol. The summed E-state index contributed by atoms with van der Waals surface area (Å²) in [7, 11) is 0. The van der Waals surface area contributed by atoms with Crippen molar-refractivity contribution in [3.63, 3.8) is 0 Å². The standard InChI is InChI=1S/C24H18Cl2N2OS/c1-15-8-6-9-16(2)22(15)27-24-28(18-11-4-3-5-12-18)23(29)20(30-24)14-17-10-7-13-19(25)21(17)26/h3-14H,1-2H3/b20-14+,27-24?. The number of aliphatic imine (C=N–C) groups is 1. The predicted molar refractivity (Wildman–Crippen MR) is 129 cm³/mol. The molecule has 3 nitrogen and oxygen atoms in total. The molecule has 0 atom stereocenters. The van der Waals surface area contributed by atoms with Gasteiger partial charge in [-0.15, -0.1) is 0 Å². The summed E-state index contributed by atoms with van der Waals surface area (Å²) < 4.78 is 0. The van der Waals surface area contributed by atoms with E-state index < -0.39 is 0 Å². The molecule has 0 aromatic heterocycles. The second-order valence-electron chi connectivity index (χ2n) is 6.86. The number of nitrogens with zero attached hydrogens (tertiary/aromatic N) is 2. The summed E-state index contributed by atoms with van der Waals surface area (Å²) in [6, 6.07) is 20.9. The average Bonchev–Trinajstić information content (AvgIpc) is 3.04. The number of anilines is 1. The number of para-hydroxylation sites is 2. The molecule has 0 N–H and O–H groups in total. The Labute approximate surface area is 190 Å². The summed E-state index contributed by atoms with van der Waals surface area (Å²) >= 11 is 13.8. The van der Waals surface area contributed by atoms with E-state index in [1.807, 2.05) is 74.5 Å². The maximum Gasteiger partial charge on any atom is 0.271 e. The third kappa shape index (κ3) is 4.04. The molecule has 3 aromatic carbocycles. The zero-order chi connectivity index (χ0) is 21.3. The Bertz CT molecular complexity index is 1170. The molecule has 4 rings (SSSR count). The number of hydrogen-bond acceptors (Lipinski definition) is 3. The van der Waals surface area contributed by atoms with Crippen molar-refractivity contribution in [3.05, 3.63) is 98.4 Å². The van der Waals surface area contributed by atoms with Crippen molar-refractivity contribution < 1.29 is 4.79 Å². The molecule has 0 radical (unpaired) electrons. The fourth-order valence-electron chi connectivity index (χ4n) is 3.20. The smallest absolute Gasteiger partial charge is 0.268 e. The number of carbonyl (C=O) groups is 1. The molecular formula is C24H18Cl2N2OS. The second-order valence-corrected chi connectivity index (χ2v) is 8.66. The minimum absolute atomic E-state index is 0.146. The Morgan fingerprint density at radius 2 is 1.57 bits per heavy atom. The van der Waals surface area contributed by atoms with E-state index in [1.165, 1.54) is 11.8 Å². The number of rotatable bonds is 3. The van der Waals surface area contributed by atoms with Gasteiger partial charge >= 0.3 is 0 Å². The van der Waals surface area contributed by atoms with Crippen LogP contribution in [0.25, 0.3) is 6.08 Å². The van der Waals surface area contributed by atoms with Crippen molar-refractivity contribution in [2.75, 3.05) is 4.90 Å². The maximum absolute atomic E-state index is 13.4. The van der Waals surface area contributed by atoms with Crippen molar-refractivity contribution >= 4 is 63.5 Å². The summed E-state index contributed by atoms with van der Waals surface area (Å²) in [5, 5.41) is 1.48. The summed E-state index contributed by atoms with van der Waals surface area (Å²) in [6.45, 7) is 4.03. The van der Waals surface area contributed by atoms with Crippen LogP contribution in [0.3, 0.4) is 0 Å². The Kier molecular flexibility index (Phi) is 6.00. The van der Waals surface area contributed by atoms with Gasteiger partial charge in [-0.05, 0) is 66.6 Å². The lowest BCUT2D eigenvalue weighted by Crippen LogP contribution is -2.28. The van der Waals surface area contributed by atoms with E-state index in [2.05, 4.69) is 0 Å². The number of benzene rings is 3. The number of hydrogen-bond donors (Lipinski definition) is 0. The minimum Gasteiger partial charge on any atom is -0.268 e. The van der Waals surface area contributed by atoms with Crippen LogP contribution in [0.4, 0.5) is 11.4 Å². The lowest BCUT2D eigenvalue weighted by atomic mass is 10.1. The second kappa shape index (κ2) is 8.68. The highest BCUT2D eigenvalue weighted by Crippen LogP contribution is 2.39. The normalized spacial score (nSPS) is 16.7. The van der Waals surface area contributed by atoms with Crippen LogP contribution in [0.15, 0.2) is 76.6 Å². The van der Waals surface area contributed by atoms with E-state index in [1.54, 1.807) is 17.0 Å². The molecule has 150 valence electrons. The number of thioether (sulfide) groups is 1. The minimum atomic E-state index is -0.146. The van der Waals surface area contributed by atoms with Gasteiger partial charge < -0.3 is 0 Å². The molecule has 0 unspecified atom stereocenters. The number of amides is 1. The summed E-state index contributed by atoms with van der Waals surface area (Å²) in [5.41, 5.74) is 4.44. The first-order chi connectivity index (χ1) is 14.5. The number of halogens is 2. The molecule has 0 aliphatic carbocycles. The van der Waals surface area contributed by atoms with Crippen LogP contribution in [0.5, 0.6) is 0 Å². The molecule has 1 saturated heterocycles. The van der Waals surface area contributed by atoms with Gasteiger partial charge in [0.25, 0.3) is 5.91 Å². The monoisotopic (exact) mass is 452 g/mol. The van der Waals surface area contributed by atoms with E-state index in [4.69, 9.17) is 28.2 Å². The van der Waals surface area contributed by atoms with Gasteiger partial charge in [-0.3, -0.25) is 9.69 Å². The molecule has 1 aliphatic heterocycles. The van der Waals surface area contributed by atoms with E-state index >= 15 is 0 Å². The van der Waals surface area contributed by atoms with Crippen LogP contribution in [0, 0.1) is 13.8 Å². The zero-order valence-corrected chi connectivity index (χ0v) is 18.7. The fraction of sp³-hybridized carbons (Fsp3) is 0.0833. The highest BCUT2D eigenvalue weighted by Gasteiger charge is 2.35. The zero-order valence-electron chi connectivity index (χ0n) is 16.4. The first-order valence-electron chi connectivity index (χ1n) is 9.33. The summed E-state index contributed by atoms with van der Waals surface area (Å²) in [4.78, 5) is 20.4. The molecule has 6 heteroatoms. The van der Waals surface area contributed by atoms with Crippen molar-refractivity contribution in [1.82, 2.24) is 0 Å². The average molecular weight is 453 g/mol. The van der Waals surface area contributed by atoms with Gasteiger partial charge in [-0.25, -0.2) is 4.99 Å². The van der Waals surface area contributed by atoms with Gasteiger partial charge in [0.05, 0.1) is 26.3 Å². The molecule has 1 fully saturated rings. The molecule has 0 saturated carbocycles. The van der Waals surface area contributed by atoms with Crippen LogP contribution in [-0.2, 0) is 4.79 Å². The lowest BCUT2D eigenvalue weighted by molar-refractivity contribution is -0.113. The first-order valence-corrected chi connectivity index (χ1v) is 10.9. The van der Waals surface area contributed by atoms with Crippen molar-refractivity contribution in [2.24, 2.45) is 4.99 Å². The van der Waals surface area contributed by atoms with Gasteiger partial charge in [0.1, 0.15) is 0 Å². The Morgan fingerprint density at radius 3 is 2.27 bits per heavy atom. The summed E-state index contributed by atoms with van der Waals surface area (Å²) in [6.07, 6.45) is 1.77. The molecule has 0 spiro atoms. The van der Waals surface area contributed by atoms with Crippen LogP contribution < -0.4 is 4.90 Å². The van der Waals surface area contributed by atoms with Crippen molar-refractivity contribution in [3.8, 4) is 0 Å². The molecule has 1 aliphatic rings. The molecule has 3 aromatic rings. The summed E-state index contributed by atoms with van der Waals surface area (Å²) in [5.74, 6) is -0.146. The van der Waals surface area contributed by atoms with Crippen LogP contribution in [-0.4, -0.2) is 11.1 Å². The van der Waals surface area contributed by atoms with Gasteiger partial charge in [-0.1, -0.05) is 71.7 Å². The number of carbonyl (C=O) groups excluding carboxylic acids is 1.